The van der Waals surface area contributed by atoms with Gasteiger partial charge in [-0.3, -0.25) is 4.79 Å². The molecule has 0 bridgehead atoms. The third-order valence-corrected chi connectivity index (χ3v) is 3.41. The Kier molecular flexibility index (Phi) is 5.68. The maximum atomic E-state index is 12.4. The molecule has 1 aromatic carbocycles. The average Bonchev–Trinajstić information content (AvgIpc) is 2.46. The van der Waals surface area contributed by atoms with Gasteiger partial charge in [0, 0.05) is 17.9 Å². The van der Waals surface area contributed by atoms with Crippen LogP contribution in [0.1, 0.15) is 42.0 Å². The summed E-state index contributed by atoms with van der Waals surface area (Å²) in [4.78, 5) is 21.1. The number of rotatable bonds is 6. The molecule has 2 aromatic rings. The predicted molar refractivity (Wildman–Crippen MR) is 93.0 cm³/mol. The number of amides is 1. The van der Waals surface area contributed by atoms with E-state index >= 15 is 0 Å². The molecular formula is C18H24N4O. The Morgan fingerprint density at radius 1 is 1.13 bits per heavy atom. The maximum Gasteiger partial charge on any atom is 0.253 e. The summed E-state index contributed by atoms with van der Waals surface area (Å²) in [7, 11) is 0. The number of para-hydroxylation sites is 1. The molecule has 5 heteroatoms. The summed E-state index contributed by atoms with van der Waals surface area (Å²) in [6.45, 7) is 8.79. The number of aromatic nitrogens is 2. The number of benzene rings is 1. The van der Waals surface area contributed by atoms with Crippen molar-refractivity contribution in [1.29, 1.82) is 0 Å². The fourth-order valence-electron chi connectivity index (χ4n) is 2.26. The van der Waals surface area contributed by atoms with Gasteiger partial charge in [0.15, 0.2) is 0 Å². The van der Waals surface area contributed by atoms with Crippen molar-refractivity contribution in [2.75, 3.05) is 11.9 Å². The van der Waals surface area contributed by atoms with Gasteiger partial charge in [-0.2, -0.15) is 0 Å². The minimum absolute atomic E-state index is 0.0851. The van der Waals surface area contributed by atoms with E-state index < -0.39 is 0 Å². The lowest BCUT2D eigenvalue weighted by Gasteiger charge is -2.12. The van der Waals surface area contributed by atoms with Gasteiger partial charge in [0.1, 0.15) is 0 Å². The predicted octanol–water partition coefficient (Wildman–Crippen LogP) is 3.61. The molecule has 5 nitrogen and oxygen atoms in total. The van der Waals surface area contributed by atoms with Crippen molar-refractivity contribution in [1.82, 2.24) is 15.3 Å². The Labute approximate surface area is 137 Å². The molecule has 2 N–H and O–H groups in total. The van der Waals surface area contributed by atoms with E-state index in [0.717, 1.165) is 17.8 Å². The number of nitrogens with one attached hydrogen (secondary N) is 2. The minimum atomic E-state index is -0.0851. The molecule has 23 heavy (non-hydrogen) atoms. The van der Waals surface area contributed by atoms with E-state index in [1.165, 1.54) is 0 Å². The summed E-state index contributed by atoms with van der Waals surface area (Å²) in [5, 5.41) is 6.11. The number of anilines is 2. The van der Waals surface area contributed by atoms with Crippen LogP contribution in [-0.4, -0.2) is 22.4 Å². The standard InChI is InChI=1S/C18H24N4O/c1-12(2)9-10-19-17(23)15-7-5-6-8-16(15)22-18-20-13(3)11-14(4)21-18/h5-8,11-12H,9-10H2,1-4H3,(H,19,23)(H,20,21,22). The van der Waals surface area contributed by atoms with Crippen LogP contribution in [0.5, 0.6) is 0 Å². The van der Waals surface area contributed by atoms with Crippen LogP contribution < -0.4 is 10.6 Å². The Balaban J connectivity index is 2.15. The lowest BCUT2D eigenvalue weighted by molar-refractivity contribution is 0.0953. The van der Waals surface area contributed by atoms with Crippen LogP contribution in [0.25, 0.3) is 0 Å². The Morgan fingerprint density at radius 2 is 1.78 bits per heavy atom. The molecule has 0 atom stereocenters. The minimum Gasteiger partial charge on any atom is -0.352 e. The highest BCUT2D eigenvalue weighted by Crippen LogP contribution is 2.19. The Hall–Kier alpha value is -2.43. The van der Waals surface area contributed by atoms with Crippen molar-refractivity contribution in [2.24, 2.45) is 5.92 Å². The molecule has 0 aliphatic carbocycles. The van der Waals surface area contributed by atoms with Crippen molar-refractivity contribution in [2.45, 2.75) is 34.1 Å². The van der Waals surface area contributed by atoms with Gasteiger partial charge in [-0.1, -0.05) is 26.0 Å². The highest BCUT2D eigenvalue weighted by atomic mass is 16.1. The third-order valence-electron chi connectivity index (χ3n) is 3.41. The highest BCUT2D eigenvalue weighted by molar-refractivity contribution is 6.00. The van der Waals surface area contributed by atoms with Gasteiger partial charge >= 0.3 is 0 Å². The van der Waals surface area contributed by atoms with E-state index in [4.69, 9.17) is 0 Å². The van der Waals surface area contributed by atoms with E-state index in [1.807, 2.05) is 38.1 Å². The van der Waals surface area contributed by atoms with Crippen LogP contribution in [0, 0.1) is 19.8 Å². The second kappa shape index (κ2) is 7.72. The molecule has 0 aliphatic rings. The average molecular weight is 312 g/mol. The summed E-state index contributed by atoms with van der Waals surface area (Å²) >= 11 is 0. The van der Waals surface area contributed by atoms with Crippen LogP contribution in [0.3, 0.4) is 0 Å². The van der Waals surface area contributed by atoms with E-state index in [-0.39, 0.29) is 5.91 Å². The van der Waals surface area contributed by atoms with Gasteiger partial charge in [0.25, 0.3) is 5.91 Å². The molecule has 0 saturated heterocycles. The summed E-state index contributed by atoms with van der Waals surface area (Å²) in [6, 6.07) is 9.31. The first-order valence-corrected chi connectivity index (χ1v) is 7.92. The molecule has 0 aliphatic heterocycles. The van der Waals surface area contributed by atoms with Crippen LogP contribution in [0.15, 0.2) is 30.3 Å². The molecule has 0 saturated carbocycles. The summed E-state index contributed by atoms with van der Waals surface area (Å²) in [5.41, 5.74) is 3.08. The lowest BCUT2D eigenvalue weighted by atomic mass is 10.1. The number of hydrogen-bond donors (Lipinski definition) is 2. The first-order chi connectivity index (χ1) is 11.0. The van der Waals surface area contributed by atoms with E-state index in [1.54, 1.807) is 6.07 Å². The zero-order chi connectivity index (χ0) is 16.8. The van der Waals surface area contributed by atoms with Gasteiger partial charge in [0.2, 0.25) is 5.95 Å². The third kappa shape index (κ3) is 5.06. The SMILES string of the molecule is Cc1cc(C)nc(Nc2ccccc2C(=O)NCCC(C)C)n1. The first kappa shape index (κ1) is 16.9. The van der Waals surface area contributed by atoms with E-state index in [2.05, 4.69) is 34.4 Å². The number of hydrogen-bond acceptors (Lipinski definition) is 4. The zero-order valence-electron chi connectivity index (χ0n) is 14.2. The molecule has 1 heterocycles. The Morgan fingerprint density at radius 3 is 2.43 bits per heavy atom. The second-order valence-electron chi connectivity index (χ2n) is 6.08. The zero-order valence-corrected chi connectivity index (χ0v) is 14.2. The quantitative estimate of drug-likeness (QED) is 0.855. The topological polar surface area (TPSA) is 66.9 Å². The lowest BCUT2D eigenvalue weighted by Crippen LogP contribution is -2.26. The molecule has 1 aromatic heterocycles. The van der Waals surface area contributed by atoms with Crippen LogP contribution in [-0.2, 0) is 0 Å². The van der Waals surface area contributed by atoms with Crippen molar-refractivity contribution >= 4 is 17.5 Å². The largest absolute Gasteiger partial charge is 0.352 e. The molecular weight excluding hydrogens is 288 g/mol. The molecule has 0 radical (unpaired) electrons. The summed E-state index contributed by atoms with van der Waals surface area (Å²) in [6.07, 6.45) is 0.960. The summed E-state index contributed by atoms with van der Waals surface area (Å²) < 4.78 is 0. The maximum absolute atomic E-state index is 12.4. The van der Waals surface area contributed by atoms with E-state index in [0.29, 0.717) is 29.7 Å². The number of carbonyl (C=O) groups is 1. The van der Waals surface area contributed by atoms with Crippen LogP contribution in [0.4, 0.5) is 11.6 Å². The fraction of sp³-hybridized carbons (Fsp3) is 0.389. The smallest absolute Gasteiger partial charge is 0.253 e. The molecule has 2 rings (SSSR count). The first-order valence-electron chi connectivity index (χ1n) is 7.92. The molecule has 1 amide bonds. The van der Waals surface area contributed by atoms with Gasteiger partial charge in [-0.25, -0.2) is 9.97 Å². The molecule has 0 spiro atoms. The van der Waals surface area contributed by atoms with Crippen molar-refractivity contribution < 1.29 is 4.79 Å². The summed E-state index contributed by atoms with van der Waals surface area (Å²) in [5.74, 6) is 0.982. The number of nitrogens with zero attached hydrogens (tertiary/aromatic N) is 2. The van der Waals surface area contributed by atoms with Gasteiger partial charge in [-0.05, 0) is 44.4 Å². The molecule has 0 unspecified atom stereocenters. The van der Waals surface area contributed by atoms with Gasteiger partial charge in [-0.15, -0.1) is 0 Å². The van der Waals surface area contributed by atoms with Gasteiger partial charge < -0.3 is 10.6 Å². The fourth-order valence-corrected chi connectivity index (χ4v) is 2.26. The van der Waals surface area contributed by atoms with Crippen molar-refractivity contribution in [3.8, 4) is 0 Å². The van der Waals surface area contributed by atoms with Gasteiger partial charge in [0.05, 0.1) is 11.3 Å². The van der Waals surface area contributed by atoms with Crippen LogP contribution in [0.2, 0.25) is 0 Å². The van der Waals surface area contributed by atoms with Crippen molar-refractivity contribution in [3.63, 3.8) is 0 Å². The van der Waals surface area contributed by atoms with Crippen molar-refractivity contribution in [3.05, 3.63) is 47.3 Å². The number of carbonyl (C=O) groups excluding carboxylic acids is 1. The van der Waals surface area contributed by atoms with Crippen LogP contribution >= 0.6 is 0 Å². The second-order valence-corrected chi connectivity index (χ2v) is 6.08. The number of aryl methyl sites for hydroxylation is 2. The monoisotopic (exact) mass is 312 g/mol. The Bertz CT molecular complexity index is 662. The highest BCUT2D eigenvalue weighted by Gasteiger charge is 2.12. The molecule has 0 fully saturated rings. The van der Waals surface area contributed by atoms with E-state index in [9.17, 15) is 4.79 Å². The molecule has 122 valence electrons. The normalized spacial score (nSPS) is 10.7.